The Bertz CT molecular complexity index is 460. The van der Waals surface area contributed by atoms with Crippen LogP contribution in [0.15, 0.2) is 24.3 Å². The number of anilines is 1. The highest BCUT2D eigenvalue weighted by Gasteiger charge is 2.22. The van der Waals surface area contributed by atoms with E-state index in [1.54, 1.807) is 7.11 Å². The van der Waals surface area contributed by atoms with Crippen LogP contribution in [0.3, 0.4) is 0 Å². The van der Waals surface area contributed by atoms with Crippen molar-refractivity contribution in [2.24, 2.45) is 5.92 Å². The van der Waals surface area contributed by atoms with Crippen LogP contribution in [0.25, 0.3) is 0 Å². The van der Waals surface area contributed by atoms with E-state index in [-0.39, 0.29) is 43.3 Å². The molecule has 1 heterocycles. The summed E-state index contributed by atoms with van der Waals surface area (Å²) in [6.07, 6.45) is 1.10. The summed E-state index contributed by atoms with van der Waals surface area (Å²) >= 11 is 0. The molecule has 2 atom stereocenters. The number of para-hydroxylation sites is 2. The highest BCUT2D eigenvalue weighted by molar-refractivity contribution is 5.85. The fourth-order valence-corrected chi connectivity index (χ4v) is 2.41. The standard InChI is InChI=1S/C15H23N3O2.2ClH/c1-11-7-8-16-9-13(11)18-15(19)10-17-12-5-3-4-6-14(12)20-2;;/h3-6,11,13,16-17H,7-10H2,1-2H3,(H,18,19);2*1H. The summed E-state index contributed by atoms with van der Waals surface area (Å²) in [5.41, 5.74) is 0.833. The number of piperidine rings is 1. The zero-order valence-electron chi connectivity index (χ0n) is 12.9. The molecule has 5 nitrogen and oxygen atoms in total. The summed E-state index contributed by atoms with van der Waals surface area (Å²) in [6.45, 7) is 4.32. The van der Waals surface area contributed by atoms with Gasteiger partial charge >= 0.3 is 0 Å². The van der Waals surface area contributed by atoms with Gasteiger partial charge in [0, 0.05) is 12.6 Å². The molecule has 0 bridgehead atoms. The number of nitrogens with one attached hydrogen (secondary N) is 3. The van der Waals surface area contributed by atoms with Crippen LogP contribution in [0, 0.1) is 5.92 Å². The fraction of sp³-hybridized carbons (Fsp3) is 0.533. The summed E-state index contributed by atoms with van der Waals surface area (Å²) in [4.78, 5) is 12.0. The van der Waals surface area contributed by atoms with Crippen LogP contribution in [0.1, 0.15) is 13.3 Å². The maximum absolute atomic E-state index is 12.0. The first-order valence-corrected chi connectivity index (χ1v) is 7.07. The Kier molecular flexibility index (Phi) is 9.98. The molecule has 2 rings (SSSR count). The summed E-state index contributed by atoms with van der Waals surface area (Å²) in [7, 11) is 1.62. The summed E-state index contributed by atoms with van der Waals surface area (Å²) in [5.74, 6) is 1.27. The van der Waals surface area contributed by atoms with Gasteiger partial charge < -0.3 is 20.7 Å². The Morgan fingerprint density at radius 2 is 2.09 bits per heavy atom. The van der Waals surface area contributed by atoms with Crippen molar-refractivity contribution in [1.82, 2.24) is 10.6 Å². The number of hydrogen-bond acceptors (Lipinski definition) is 4. The maximum Gasteiger partial charge on any atom is 0.239 e. The molecule has 2 unspecified atom stereocenters. The van der Waals surface area contributed by atoms with Crippen molar-refractivity contribution in [2.45, 2.75) is 19.4 Å². The summed E-state index contributed by atoms with van der Waals surface area (Å²) < 4.78 is 5.24. The third-order valence-corrected chi connectivity index (χ3v) is 3.72. The van der Waals surface area contributed by atoms with E-state index in [9.17, 15) is 4.79 Å². The maximum atomic E-state index is 12.0. The first kappa shape index (κ1) is 20.8. The Labute approximate surface area is 144 Å². The van der Waals surface area contributed by atoms with E-state index in [4.69, 9.17) is 4.74 Å². The number of methoxy groups -OCH3 is 1. The second-order valence-electron chi connectivity index (χ2n) is 5.20. The van der Waals surface area contributed by atoms with E-state index in [0.29, 0.717) is 5.92 Å². The molecule has 1 fully saturated rings. The van der Waals surface area contributed by atoms with E-state index >= 15 is 0 Å². The van der Waals surface area contributed by atoms with Gasteiger partial charge in [0.05, 0.1) is 19.3 Å². The Hall–Kier alpha value is -1.17. The third kappa shape index (κ3) is 5.91. The normalized spacial score (nSPS) is 20.1. The van der Waals surface area contributed by atoms with Crippen molar-refractivity contribution in [3.63, 3.8) is 0 Å². The fourth-order valence-electron chi connectivity index (χ4n) is 2.41. The Morgan fingerprint density at radius 3 is 2.77 bits per heavy atom. The molecule has 0 spiro atoms. The van der Waals surface area contributed by atoms with Gasteiger partial charge in [-0.2, -0.15) is 0 Å². The number of ether oxygens (including phenoxy) is 1. The largest absolute Gasteiger partial charge is 0.495 e. The molecular weight excluding hydrogens is 325 g/mol. The minimum atomic E-state index is 0. The van der Waals surface area contributed by atoms with Gasteiger partial charge in [-0.15, -0.1) is 24.8 Å². The van der Waals surface area contributed by atoms with Crippen LogP contribution in [0.2, 0.25) is 0 Å². The third-order valence-electron chi connectivity index (χ3n) is 3.72. The molecule has 1 aromatic carbocycles. The quantitative estimate of drug-likeness (QED) is 0.761. The van der Waals surface area contributed by atoms with E-state index in [1.807, 2.05) is 24.3 Å². The van der Waals surface area contributed by atoms with Crippen LogP contribution in [-0.4, -0.2) is 38.7 Å². The number of rotatable bonds is 5. The molecule has 1 aliphatic rings. The SMILES string of the molecule is COc1ccccc1NCC(=O)NC1CNCCC1C.Cl.Cl. The van der Waals surface area contributed by atoms with Crippen molar-refractivity contribution in [2.75, 3.05) is 32.1 Å². The van der Waals surface area contributed by atoms with E-state index < -0.39 is 0 Å². The first-order valence-electron chi connectivity index (χ1n) is 7.07. The molecule has 1 amide bonds. The van der Waals surface area contributed by atoms with Gasteiger partial charge in [0.1, 0.15) is 5.75 Å². The molecule has 1 aliphatic heterocycles. The molecular formula is C15H25Cl2N3O2. The second-order valence-corrected chi connectivity index (χ2v) is 5.20. The lowest BCUT2D eigenvalue weighted by atomic mass is 9.95. The van der Waals surface area contributed by atoms with Crippen LogP contribution >= 0.6 is 24.8 Å². The van der Waals surface area contributed by atoms with Gasteiger partial charge in [-0.05, 0) is 31.0 Å². The van der Waals surface area contributed by atoms with Crippen molar-refractivity contribution in [3.05, 3.63) is 24.3 Å². The molecule has 126 valence electrons. The Balaban J connectivity index is 0.00000220. The van der Waals surface area contributed by atoms with Crippen LogP contribution in [0.4, 0.5) is 5.69 Å². The average Bonchev–Trinajstić information content (AvgIpc) is 2.48. The number of benzene rings is 1. The lowest BCUT2D eigenvalue weighted by molar-refractivity contribution is -0.120. The molecule has 1 saturated heterocycles. The number of hydrogen-bond donors (Lipinski definition) is 3. The van der Waals surface area contributed by atoms with E-state index in [0.717, 1.165) is 30.9 Å². The van der Waals surface area contributed by atoms with Crippen molar-refractivity contribution < 1.29 is 9.53 Å². The topological polar surface area (TPSA) is 62.4 Å². The lowest BCUT2D eigenvalue weighted by Crippen LogP contribution is -2.51. The minimum Gasteiger partial charge on any atom is -0.495 e. The average molecular weight is 350 g/mol. The highest BCUT2D eigenvalue weighted by Crippen LogP contribution is 2.22. The van der Waals surface area contributed by atoms with Crippen molar-refractivity contribution in [3.8, 4) is 5.75 Å². The highest BCUT2D eigenvalue weighted by atomic mass is 35.5. The predicted octanol–water partition coefficient (Wildman–Crippen LogP) is 2.06. The van der Waals surface area contributed by atoms with E-state index in [1.165, 1.54) is 0 Å². The van der Waals surface area contributed by atoms with Gasteiger partial charge in [-0.1, -0.05) is 19.1 Å². The Morgan fingerprint density at radius 1 is 1.36 bits per heavy atom. The van der Waals surface area contributed by atoms with Crippen molar-refractivity contribution >= 4 is 36.4 Å². The minimum absolute atomic E-state index is 0. The lowest BCUT2D eigenvalue weighted by Gasteiger charge is -2.30. The predicted molar refractivity (Wildman–Crippen MR) is 94.6 cm³/mol. The molecule has 0 aliphatic carbocycles. The molecule has 22 heavy (non-hydrogen) atoms. The van der Waals surface area contributed by atoms with Gasteiger partial charge in [0.2, 0.25) is 5.91 Å². The number of carbonyl (C=O) groups excluding carboxylic acids is 1. The van der Waals surface area contributed by atoms with Crippen LogP contribution in [-0.2, 0) is 4.79 Å². The zero-order valence-corrected chi connectivity index (χ0v) is 14.6. The molecule has 0 radical (unpaired) electrons. The monoisotopic (exact) mass is 349 g/mol. The van der Waals surface area contributed by atoms with E-state index in [2.05, 4.69) is 22.9 Å². The van der Waals surface area contributed by atoms with Crippen LogP contribution < -0.4 is 20.7 Å². The van der Waals surface area contributed by atoms with Gasteiger partial charge in [-0.25, -0.2) is 0 Å². The molecule has 7 heteroatoms. The molecule has 1 aromatic rings. The molecule has 0 saturated carbocycles. The number of carbonyl (C=O) groups is 1. The summed E-state index contributed by atoms with van der Waals surface area (Å²) in [6, 6.07) is 7.80. The second kappa shape index (κ2) is 10.5. The summed E-state index contributed by atoms with van der Waals surface area (Å²) in [5, 5.41) is 9.49. The van der Waals surface area contributed by atoms with Crippen molar-refractivity contribution in [1.29, 1.82) is 0 Å². The number of amides is 1. The zero-order chi connectivity index (χ0) is 14.4. The van der Waals surface area contributed by atoms with Crippen LogP contribution in [0.5, 0.6) is 5.75 Å². The van der Waals surface area contributed by atoms with Gasteiger partial charge in [0.25, 0.3) is 0 Å². The van der Waals surface area contributed by atoms with Gasteiger partial charge in [0.15, 0.2) is 0 Å². The smallest absolute Gasteiger partial charge is 0.239 e. The molecule has 0 aromatic heterocycles. The number of halogens is 2. The first-order chi connectivity index (χ1) is 9.70. The molecule has 3 N–H and O–H groups in total. The van der Waals surface area contributed by atoms with Gasteiger partial charge in [-0.3, -0.25) is 4.79 Å².